The van der Waals surface area contributed by atoms with Crippen LogP contribution < -0.4 is 11.5 Å². The van der Waals surface area contributed by atoms with Gasteiger partial charge < -0.3 is 11.5 Å². The topological polar surface area (TPSA) is 52.0 Å². The van der Waals surface area contributed by atoms with Gasteiger partial charge in [-0.25, -0.2) is 0 Å². The summed E-state index contributed by atoms with van der Waals surface area (Å²) in [4.78, 5) is 0. The maximum atomic E-state index is 5.86. The van der Waals surface area contributed by atoms with Crippen LogP contribution in [0.2, 0.25) is 0 Å². The van der Waals surface area contributed by atoms with E-state index in [1.165, 1.54) is 51.4 Å². The number of rotatable bonds is 11. The molecule has 2 heteroatoms. The second-order valence-electron chi connectivity index (χ2n) is 5.07. The lowest BCUT2D eigenvalue weighted by atomic mass is 9.86. The minimum absolute atomic E-state index is 0.730. The van der Waals surface area contributed by atoms with E-state index >= 15 is 0 Å². The minimum atomic E-state index is 0.730. The molecule has 0 saturated heterocycles. The van der Waals surface area contributed by atoms with Gasteiger partial charge in [-0.05, 0) is 44.2 Å². The molecule has 0 aliphatic heterocycles. The smallest absolute Gasteiger partial charge is 0.00488 e. The lowest BCUT2D eigenvalue weighted by Crippen LogP contribution is -2.20. The average molecular weight is 228 g/mol. The van der Waals surface area contributed by atoms with Crippen molar-refractivity contribution in [3.8, 4) is 0 Å². The van der Waals surface area contributed by atoms with Crippen molar-refractivity contribution >= 4 is 0 Å². The van der Waals surface area contributed by atoms with E-state index in [0.717, 1.165) is 24.9 Å². The molecular weight excluding hydrogens is 196 g/mol. The molecule has 0 heterocycles. The van der Waals surface area contributed by atoms with Crippen LogP contribution in [-0.2, 0) is 0 Å². The summed E-state index contributed by atoms with van der Waals surface area (Å²) in [7, 11) is 0. The predicted molar refractivity (Wildman–Crippen MR) is 73.4 cm³/mol. The highest BCUT2D eigenvalue weighted by Crippen LogP contribution is 2.24. The van der Waals surface area contributed by atoms with Crippen molar-refractivity contribution in [2.24, 2.45) is 23.3 Å². The van der Waals surface area contributed by atoms with Gasteiger partial charge in [-0.3, -0.25) is 0 Å². The SMILES string of the molecule is CCCCC(CN)CC(CCN)CCCC. The van der Waals surface area contributed by atoms with Crippen LogP contribution in [0.25, 0.3) is 0 Å². The van der Waals surface area contributed by atoms with Crippen LogP contribution >= 0.6 is 0 Å². The largest absolute Gasteiger partial charge is 0.330 e. The summed E-state index contributed by atoms with van der Waals surface area (Å²) >= 11 is 0. The van der Waals surface area contributed by atoms with Crippen molar-refractivity contribution in [1.29, 1.82) is 0 Å². The molecular formula is C14H32N2. The van der Waals surface area contributed by atoms with Gasteiger partial charge in [0.05, 0.1) is 0 Å². The van der Waals surface area contributed by atoms with Crippen LogP contribution in [0, 0.1) is 11.8 Å². The highest BCUT2D eigenvalue weighted by atomic mass is 14.6. The Bertz CT molecular complexity index is 137. The van der Waals surface area contributed by atoms with E-state index in [2.05, 4.69) is 13.8 Å². The van der Waals surface area contributed by atoms with Crippen molar-refractivity contribution < 1.29 is 0 Å². The molecule has 0 aliphatic carbocycles. The third-order valence-electron chi connectivity index (χ3n) is 3.51. The van der Waals surface area contributed by atoms with Gasteiger partial charge >= 0.3 is 0 Å². The molecule has 0 radical (unpaired) electrons. The number of hydrogen-bond donors (Lipinski definition) is 2. The number of unbranched alkanes of at least 4 members (excludes halogenated alkanes) is 2. The summed E-state index contributed by atoms with van der Waals surface area (Å²) in [6.45, 7) is 6.20. The Morgan fingerprint density at radius 2 is 1.38 bits per heavy atom. The summed E-state index contributed by atoms with van der Waals surface area (Å²) in [6, 6.07) is 0. The number of hydrogen-bond acceptors (Lipinski definition) is 2. The molecule has 16 heavy (non-hydrogen) atoms. The standard InChI is InChI=1S/C14H32N2/c1-3-5-7-13(9-10-15)11-14(12-16)8-6-4-2/h13-14H,3-12,15-16H2,1-2H3. The summed E-state index contributed by atoms with van der Waals surface area (Å²) in [5.41, 5.74) is 11.5. The van der Waals surface area contributed by atoms with E-state index < -0.39 is 0 Å². The van der Waals surface area contributed by atoms with Crippen LogP contribution in [0.3, 0.4) is 0 Å². The molecule has 4 N–H and O–H groups in total. The first kappa shape index (κ1) is 15.9. The van der Waals surface area contributed by atoms with Gasteiger partial charge in [0.1, 0.15) is 0 Å². The van der Waals surface area contributed by atoms with Gasteiger partial charge in [0, 0.05) is 0 Å². The molecule has 0 aromatic carbocycles. The zero-order valence-corrected chi connectivity index (χ0v) is 11.4. The van der Waals surface area contributed by atoms with Crippen LogP contribution in [0.4, 0.5) is 0 Å². The first-order valence-electron chi connectivity index (χ1n) is 7.18. The predicted octanol–water partition coefficient (Wildman–Crippen LogP) is 3.30. The van der Waals surface area contributed by atoms with Crippen molar-refractivity contribution in [1.82, 2.24) is 0 Å². The van der Waals surface area contributed by atoms with E-state index in [4.69, 9.17) is 11.5 Å². The Hall–Kier alpha value is -0.0800. The Morgan fingerprint density at radius 1 is 0.812 bits per heavy atom. The van der Waals surface area contributed by atoms with Gasteiger partial charge in [0.25, 0.3) is 0 Å². The van der Waals surface area contributed by atoms with Crippen molar-refractivity contribution in [3.63, 3.8) is 0 Å². The van der Waals surface area contributed by atoms with E-state index in [1.807, 2.05) is 0 Å². The molecule has 0 aromatic heterocycles. The summed E-state index contributed by atoms with van der Waals surface area (Å²) < 4.78 is 0. The Balaban J connectivity index is 3.90. The fraction of sp³-hybridized carbons (Fsp3) is 1.00. The zero-order chi connectivity index (χ0) is 12.2. The highest BCUT2D eigenvalue weighted by molar-refractivity contribution is 4.68. The van der Waals surface area contributed by atoms with E-state index in [1.54, 1.807) is 0 Å². The molecule has 2 nitrogen and oxygen atoms in total. The first-order valence-corrected chi connectivity index (χ1v) is 7.18. The van der Waals surface area contributed by atoms with Gasteiger partial charge in [0.15, 0.2) is 0 Å². The van der Waals surface area contributed by atoms with Crippen molar-refractivity contribution in [2.75, 3.05) is 13.1 Å². The van der Waals surface area contributed by atoms with Gasteiger partial charge in [-0.2, -0.15) is 0 Å². The van der Waals surface area contributed by atoms with Crippen molar-refractivity contribution in [2.45, 2.75) is 65.2 Å². The van der Waals surface area contributed by atoms with Gasteiger partial charge in [-0.1, -0.05) is 46.0 Å². The van der Waals surface area contributed by atoms with Crippen LogP contribution in [0.5, 0.6) is 0 Å². The lowest BCUT2D eigenvalue weighted by molar-refractivity contribution is 0.318. The monoisotopic (exact) mass is 228 g/mol. The number of nitrogens with two attached hydrogens (primary N) is 2. The zero-order valence-electron chi connectivity index (χ0n) is 11.4. The normalized spacial score (nSPS) is 15.0. The average Bonchev–Trinajstić information content (AvgIpc) is 2.31. The Labute approximate surface area is 102 Å². The van der Waals surface area contributed by atoms with E-state index in [0.29, 0.717) is 0 Å². The summed E-state index contributed by atoms with van der Waals surface area (Å²) in [6.07, 6.45) is 10.4. The lowest BCUT2D eigenvalue weighted by Gasteiger charge is -2.22. The molecule has 0 aromatic rings. The summed E-state index contributed by atoms with van der Waals surface area (Å²) in [5.74, 6) is 1.55. The van der Waals surface area contributed by atoms with Gasteiger partial charge in [0.2, 0.25) is 0 Å². The second-order valence-corrected chi connectivity index (χ2v) is 5.07. The molecule has 0 rings (SSSR count). The maximum absolute atomic E-state index is 5.86. The highest BCUT2D eigenvalue weighted by Gasteiger charge is 2.14. The van der Waals surface area contributed by atoms with Crippen molar-refractivity contribution in [3.05, 3.63) is 0 Å². The third-order valence-corrected chi connectivity index (χ3v) is 3.51. The van der Waals surface area contributed by atoms with E-state index in [-0.39, 0.29) is 0 Å². The van der Waals surface area contributed by atoms with Crippen LogP contribution in [-0.4, -0.2) is 13.1 Å². The van der Waals surface area contributed by atoms with Crippen LogP contribution in [0.1, 0.15) is 65.2 Å². The van der Waals surface area contributed by atoms with Gasteiger partial charge in [-0.15, -0.1) is 0 Å². The maximum Gasteiger partial charge on any atom is -0.00488 e. The first-order chi connectivity index (χ1) is 7.78. The molecule has 0 aliphatic rings. The molecule has 0 amide bonds. The van der Waals surface area contributed by atoms with Crippen LogP contribution in [0.15, 0.2) is 0 Å². The quantitative estimate of drug-likeness (QED) is 0.570. The molecule has 2 unspecified atom stereocenters. The molecule has 0 bridgehead atoms. The minimum Gasteiger partial charge on any atom is -0.330 e. The Kier molecular flexibility index (Phi) is 11.3. The fourth-order valence-electron chi connectivity index (χ4n) is 2.40. The Morgan fingerprint density at radius 3 is 1.81 bits per heavy atom. The second kappa shape index (κ2) is 11.4. The third kappa shape index (κ3) is 8.12. The van der Waals surface area contributed by atoms with E-state index in [9.17, 15) is 0 Å². The summed E-state index contributed by atoms with van der Waals surface area (Å²) in [5, 5.41) is 0. The fourth-order valence-corrected chi connectivity index (χ4v) is 2.40. The molecule has 0 spiro atoms. The molecule has 0 saturated carbocycles. The molecule has 98 valence electrons. The molecule has 0 fully saturated rings. The molecule has 2 atom stereocenters.